The SMILES string of the molecule is COc1cc(C=O)ccc1OCI. The second kappa shape index (κ2) is 5.06. The van der Waals surface area contributed by atoms with E-state index >= 15 is 0 Å². The quantitative estimate of drug-likeness (QED) is 0.485. The smallest absolute Gasteiger partial charge is 0.162 e. The van der Waals surface area contributed by atoms with Crippen LogP contribution in [0.1, 0.15) is 10.4 Å². The molecule has 0 aliphatic carbocycles. The van der Waals surface area contributed by atoms with Crippen LogP contribution in [0.15, 0.2) is 18.2 Å². The van der Waals surface area contributed by atoms with Crippen molar-refractivity contribution in [3.05, 3.63) is 23.8 Å². The van der Waals surface area contributed by atoms with Crippen molar-refractivity contribution in [3.8, 4) is 11.5 Å². The van der Waals surface area contributed by atoms with Crippen molar-refractivity contribution < 1.29 is 14.3 Å². The maximum Gasteiger partial charge on any atom is 0.162 e. The van der Waals surface area contributed by atoms with Crippen molar-refractivity contribution in [1.29, 1.82) is 0 Å². The average Bonchev–Trinajstić information content (AvgIpc) is 2.19. The summed E-state index contributed by atoms with van der Waals surface area (Å²) in [6.45, 7) is 0. The molecule has 0 saturated carbocycles. The van der Waals surface area contributed by atoms with Crippen molar-refractivity contribution >= 4 is 28.9 Å². The lowest BCUT2D eigenvalue weighted by molar-refractivity contribution is 0.112. The van der Waals surface area contributed by atoms with Crippen LogP contribution in [-0.4, -0.2) is 18.0 Å². The molecule has 13 heavy (non-hydrogen) atoms. The summed E-state index contributed by atoms with van der Waals surface area (Å²) in [5.41, 5.74) is 0.581. The van der Waals surface area contributed by atoms with Gasteiger partial charge in [-0.2, -0.15) is 0 Å². The molecule has 0 aromatic heterocycles. The number of carbonyl (C=O) groups is 1. The highest BCUT2D eigenvalue weighted by Gasteiger charge is 2.04. The first-order valence-corrected chi connectivity index (χ1v) is 5.16. The van der Waals surface area contributed by atoms with E-state index in [9.17, 15) is 4.79 Å². The molecule has 70 valence electrons. The highest BCUT2D eigenvalue weighted by atomic mass is 127. The molecule has 0 bridgehead atoms. The lowest BCUT2D eigenvalue weighted by Crippen LogP contribution is -1.94. The van der Waals surface area contributed by atoms with Crippen LogP contribution in [0.3, 0.4) is 0 Å². The van der Waals surface area contributed by atoms with Gasteiger partial charge in [-0.25, -0.2) is 0 Å². The van der Waals surface area contributed by atoms with Gasteiger partial charge in [0.2, 0.25) is 0 Å². The molecule has 0 N–H and O–H groups in total. The van der Waals surface area contributed by atoms with E-state index in [1.54, 1.807) is 25.3 Å². The number of rotatable bonds is 4. The number of hydrogen-bond donors (Lipinski definition) is 0. The third-order valence-corrected chi connectivity index (χ3v) is 1.85. The Morgan fingerprint density at radius 3 is 2.77 bits per heavy atom. The predicted molar refractivity (Wildman–Crippen MR) is 57.9 cm³/mol. The van der Waals surface area contributed by atoms with Crippen LogP contribution in [0.25, 0.3) is 0 Å². The van der Waals surface area contributed by atoms with Crippen molar-refractivity contribution in [1.82, 2.24) is 0 Å². The first kappa shape index (κ1) is 10.3. The van der Waals surface area contributed by atoms with Crippen molar-refractivity contribution in [3.63, 3.8) is 0 Å². The molecule has 0 aliphatic rings. The lowest BCUT2D eigenvalue weighted by atomic mass is 10.2. The Morgan fingerprint density at radius 2 is 2.23 bits per heavy atom. The molecule has 0 spiro atoms. The molecule has 0 fully saturated rings. The number of alkyl halides is 1. The summed E-state index contributed by atoms with van der Waals surface area (Å²) in [4.78, 5) is 10.4. The number of carbonyl (C=O) groups excluding carboxylic acids is 1. The molecular formula is C9H9IO3. The van der Waals surface area contributed by atoms with E-state index < -0.39 is 0 Å². The first-order chi connectivity index (χ1) is 6.31. The second-order valence-corrected chi connectivity index (χ2v) is 2.90. The van der Waals surface area contributed by atoms with E-state index in [0.717, 1.165) is 6.29 Å². The zero-order valence-corrected chi connectivity index (χ0v) is 9.28. The summed E-state index contributed by atoms with van der Waals surface area (Å²) in [7, 11) is 1.55. The van der Waals surface area contributed by atoms with Gasteiger partial charge in [-0.1, -0.05) is 0 Å². The Bertz CT molecular complexity index is 299. The minimum Gasteiger partial charge on any atom is -0.493 e. The van der Waals surface area contributed by atoms with Gasteiger partial charge in [0.25, 0.3) is 0 Å². The average molecular weight is 292 g/mol. The van der Waals surface area contributed by atoms with Gasteiger partial charge in [-0.05, 0) is 40.8 Å². The molecule has 0 heterocycles. The number of methoxy groups -OCH3 is 1. The van der Waals surface area contributed by atoms with Gasteiger partial charge < -0.3 is 9.47 Å². The van der Waals surface area contributed by atoms with Crippen LogP contribution in [0.5, 0.6) is 11.5 Å². The Morgan fingerprint density at radius 1 is 1.46 bits per heavy atom. The normalized spacial score (nSPS) is 9.38. The molecule has 0 aliphatic heterocycles. The highest BCUT2D eigenvalue weighted by Crippen LogP contribution is 2.27. The predicted octanol–water partition coefficient (Wildman–Crippen LogP) is 2.28. The maximum atomic E-state index is 10.4. The Kier molecular flexibility index (Phi) is 4.01. The fraction of sp³-hybridized carbons (Fsp3) is 0.222. The first-order valence-electron chi connectivity index (χ1n) is 3.63. The Hall–Kier alpha value is -0.780. The van der Waals surface area contributed by atoms with Crippen LogP contribution in [0.2, 0.25) is 0 Å². The molecule has 1 rings (SSSR count). The molecule has 3 nitrogen and oxygen atoms in total. The van der Waals surface area contributed by atoms with Gasteiger partial charge in [0.1, 0.15) is 10.9 Å². The van der Waals surface area contributed by atoms with Gasteiger partial charge in [-0.3, -0.25) is 4.79 Å². The monoisotopic (exact) mass is 292 g/mol. The topological polar surface area (TPSA) is 35.5 Å². The molecule has 0 saturated heterocycles. The van der Waals surface area contributed by atoms with Gasteiger partial charge in [0, 0.05) is 5.56 Å². The van der Waals surface area contributed by atoms with Crippen LogP contribution in [0, 0.1) is 0 Å². The van der Waals surface area contributed by atoms with Crippen LogP contribution >= 0.6 is 22.6 Å². The molecule has 0 unspecified atom stereocenters. The standard InChI is InChI=1S/C9H9IO3/c1-12-9-4-7(5-11)2-3-8(9)13-6-10/h2-5H,6H2,1H3. The molecule has 0 atom stereocenters. The molecule has 0 amide bonds. The summed E-state index contributed by atoms with van der Waals surface area (Å²) in [5.74, 6) is 1.24. The van der Waals surface area contributed by atoms with E-state index in [0.29, 0.717) is 21.7 Å². The van der Waals surface area contributed by atoms with E-state index in [-0.39, 0.29) is 0 Å². The Balaban J connectivity index is 3.00. The molecule has 4 heteroatoms. The fourth-order valence-corrected chi connectivity index (χ4v) is 1.27. The molecule has 1 aromatic carbocycles. The van der Waals surface area contributed by atoms with E-state index in [1.807, 2.05) is 0 Å². The van der Waals surface area contributed by atoms with Crippen molar-refractivity contribution in [2.75, 3.05) is 11.7 Å². The molecule has 0 radical (unpaired) electrons. The van der Waals surface area contributed by atoms with Crippen LogP contribution in [0.4, 0.5) is 0 Å². The van der Waals surface area contributed by atoms with Gasteiger partial charge in [0.05, 0.1) is 7.11 Å². The minimum absolute atomic E-state index is 0.550. The maximum absolute atomic E-state index is 10.4. The van der Waals surface area contributed by atoms with Crippen molar-refractivity contribution in [2.45, 2.75) is 0 Å². The zero-order chi connectivity index (χ0) is 9.68. The summed E-state index contributed by atoms with van der Waals surface area (Å²) < 4.78 is 10.9. The number of aldehydes is 1. The van der Waals surface area contributed by atoms with Crippen LogP contribution < -0.4 is 9.47 Å². The number of halogens is 1. The van der Waals surface area contributed by atoms with E-state index in [1.165, 1.54) is 0 Å². The molecular weight excluding hydrogens is 283 g/mol. The number of ether oxygens (including phenoxy) is 2. The summed E-state index contributed by atoms with van der Waals surface area (Å²) >= 11 is 2.09. The van der Waals surface area contributed by atoms with E-state index in [2.05, 4.69) is 22.6 Å². The minimum atomic E-state index is 0.550. The summed E-state index contributed by atoms with van der Waals surface area (Å²) in [6.07, 6.45) is 0.774. The lowest BCUT2D eigenvalue weighted by Gasteiger charge is -2.08. The fourth-order valence-electron chi connectivity index (χ4n) is 0.936. The third kappa shape index (κ3) is 2.58. The Labute approximate surface area is 90.2 Å². The summed E-state index contributed by atoms with van der Waals surface area (Å²) in [5, 5.41) is 0. The zero-order valence-electron chi connectivity index (χ0n) is 7.12. The van der Waals surface area contributed by atoms with Gasteiger partial charge in [0.15, 0.2) is 11.5 Å². The number of benzene rings is 1. The second-order valence-electron chi connectivity index (χ2n) is 2.28. The summed E-state index contributed by atoms with van der Waals surface area (Å²) in [6, 6.07) is 5.06. The van der Waals surface area contributed by atoms with Gasteiger partial charge >= 0.3 is 0 Å². The third-order valence-electron chi connectivity index (χ3n) is 1.53. The van der Waals surface area contributed by atoms with E-state index in [4.69, 9.17) is 9.47 Å². The van der Waals surface area contributed by atoms with Gasteiger partial charge in [-0.15, -0.1) is 0 Å². The van der Waals surface area contributed by atoms with Crippen LogP contribution in [-0.2, 0) is 0 Å². The number of hydrogen-bond acceptors (Lipinski definition) is 3. The largest absolute Gasteiger partial charge is 0.493 e. The molecule has 1 aromatic rings. The highest BCUT2D eigenvalue weighted by molar-refractivity contribution is 14.1. The van der Waals surface area contributed by atoms with Crippen molar-refractivity contribution in [2.24, 2.45) is 0 Å².